The van der Waals surface area contributed by atoms with E-state index in [0.29, 0.717) is 18.0 Å². The molecule has 6 heteroatoms. The van der Waals surface area contributed by atoms with Crippen LogP contribution in [0.25, 0.3) is 0 Å². The van der Waals surface area contributed by atoms with E-state index in [4.69, 9.17) is 14.2 Å². The highest BCUT2D eigenvalue weighted by atomic mass is 16.5. The fourth-order valence-electron chi connectivity index (χ4n) is 2.98. The van der Waals surface area contributed by atoms with Crippen LogP contribution in [-0.2, 0) is 11.3 Å². The van der Waals surface area contributed by atoms with E-state index in [1.165, 1.54) is 0 Å². The summed E-state index contributed by atoms with van der Waals surface area (Å²) in [5.74, 6) is 2.06. The molecule has 0 saturated carbocycles. The summed E-state index contributed by atoms with van der Waals surface area (Å²) in [5.41, 5.74) is 2.73. The SMILES string of the molecule is COc1ccccc1CN1CC1C(=O)Nc1cc(OC)c(OC)cc1C. The van der Waals surface area contributed by atoms with E-state index in [9.17, 15) is 4.79 Å². The predicted molar refractivity (Wildman–Crippen MR) is 100 cm³/mol. The van der Waals surface area contributed by atoms with Gasteiger partial charge < -0.3 is 19.5 Å². The molecule has 0 spiro atoms. The van der Waals surface area contributed by atoms with Crippen molar-refractivity contribution in [3.63, 3.8) is 0 Å². The maximum absolute atomic E-state index is 12.6. The number of carbonyl (C=O) groups excluding carboxylic acids is 1. The van der Waals surface area contributed by atoms with Crippen molar-refractivity contribution in [1.29, 1.82) is 0 Å². The molecule has 1 amide bonds. The van der Waals surface area contributed by atoms with Crippen LogP contribution >= 0.6 is 0 Å². The Morgan fingerprint density at radius 2 is 1.73 bits per heavy atom. The lowest BCUT2D eigenvalue weighted by molar-refractivity contribution is -0.116. The van der Waals surface area contributed by atoms with E-state index in [1.54, 1.807) is 27.4 Å². The number of nitrogens with zero attached hydrogens (tertiary/aromatic N) is 1. The summed E-state index contributed by atoms with van der Waals surface area (Å²) >= 11 is 0. The second-order valence-corrected chi connectivity index (χ2v) is 6.27. The molecule has 6 nitrogen and oxygen atoms in total. The van der Waals surface area contributed by atoms with Crippen LogP contribution < -0.4 is 19.5 Å². The van der Waals surface area contributed by atoms with E-state index in [-0.39, 0.29) is 11.9 Å². The first-order chi connectivity index (χ1) is 12.6. The molecule has 2 aromatic rings. The zero-order valence-electron chi connectivity index (χ0n) is 15.5. The molecule has 1 fully saturated rings. The van der Waals surface area contributed by atoms with Gasteiger partial charge in [0.2, 0.25) is 5.91 Å². The average molecular weight is 356 g/mol. The smallest absolute Gasteiger partial charge is 0.243 e. The summed E-state index contributed by atoms with van der Waals surface area (Å²) in [6.07, 6.45) is 0. The van der Waals surface area contributed by atoms with Crippen LogP contribution in [-0.4, -0.2) is 44.7 Å². The Morgan fingerprint density at radius 1 is 1.08 bits per heavy atom. The van der Waals surface area contributed by atoms with Gasteiger partial charge in [0.25, 0.3) is 0 Å². The second-order valence-electron chi connectivity index (χ2n) is 6.27. The molecule has 0 aliphatic carbocycles. The quantitative estimate of drug-likeness (QED) is 0.773. The summed E-state index contributed by atoms with van der Waals surface area (Å²) in [5, 5.41) is 3.00. The topological polar surface area (TPSA) is 59.8 Å². The minimum atomic E-state index is -0.132. The van der Waals surface area contributed by atoms with Gasteiger partial charge in [-0.15, -0.1) is 0 Å². The third-order valence-electron chi connectivity index (χ3n) is 4.57. The number of anilines is 1. The number of rotatable bonds is 7. The molecule has 2 unspecified atom stereocenters. The van der Waals surface area contributed by atoms with Crippen LogP contribution in [0.5, 0.6) is 17.2 Å². The Morgan fingerprint density at radius 3 is 2.42 bits per heavy atom. The van der Waals surface area contributed by atoms with Gasteiger partial charge in [-0.1, -0.05) is 18.2 Å². The van der Waals surface area contributed by atoms with E-state index >= 15 is 0 Å². The van der Waals surface area contributed by atoms with E-state index in [1.807, 2.05) is 37.3 Å². The number of para-hydroxylation sites is 1. The molecule has 1 saturated heterocycles. The van der Waals surface area contributed by atoms with Gasteiger partial charge in [-0.25, -0.2) is 0 Å². The second kappa shape index (κ2) is 7.66. The fourth-order valence-corrected chi connectivity index (χ4v) is 2.98. The van der Waals surface area contributed by atoms with Crippen molar-refractivity contribution in [3.05, 3.63) is 47.5 Å². The maximum atomic E-state index is 12.6. The molecule has 1 N–H and O–H groups in total. The summed E-state index contributed by atoms with van der Waals surface area (Å²) in [6, 6.07) is 11.4. The van der Waals surface area contributed by atoms with Gasteiger partial charge in [0.05, 0.1) is 21.3 Å². The van der Waals surface area contributed by atoms with Gasteiger partial charge in [-0.3, -0.25) is 9.69 Å². The number of hydrogen-bond donors (Lipinski definition) is 1. The number of ether oxygens (including phenoxy) is 3. The maximum Gasteiger partial charge on any atom is 0.243 e. The number of carbonyl (C=O) groups is 1. The first kappa shape index (κ1) is 18.1. The monoisotopic (exact) mass is 356 g/mol. The number of methoxy groups -OCH3 is 3. The fraction of sp³-hybridized carbons (Fsp3) is 0.350. The van der Waals surface area contributed by atoms with Crippen LogP contribution in [0.1, 0.15) is 11.1 Å². The molecule has 2 aromatic carbocycles. The Labute approximate surface area is 153 Å². The summed E-state index contributed by atoms with van der Waals surface area (Å²) < 4.78 is 16.0. The molecular weight excluding hydrogens is 332 g/mol. The lowest BCUT2D eigenvalue weighted by Crippen LogP contribution is -2.22. The summed E-state index contributed by atoms with van der Waals surface area (Å²) in [6.45, 7) is 3.35. The van der Waals surface area contributed by atoms with Gasteiger partial charge in [0.1, 0.15) is 11.8 Å². The Hall–Kier alpha value is -2.73. The van der Waals surface area contributed by atoms with Crippen LogP contribution in [0.3, 0.4) is 0 Å². The third kappa shape index (κ3) is 3.75. The van der Waals surface area contributed by atoms with Crippen LogP contribution in [0.15, 0.2) is 36.4 Å². The lowest BCUT2D eigenvalue weighted by atomic mass is 10.1. The van der Waals surface area contributed by atoms with Gasteiger partial charge >= 0.3 is 0 Å². The van der Waals surface area contributed by atoms with Gasteiger partial charge in [-0.05, 0) is 24.6 Å². The highest BCUT2D eigenvalue weighted by molar-refractivity contribution is 5.97. The van der Waals surface area contributed by atoms with Crippen LogP contribution in [0.2, 0.25) is 0 Å². The molecular formula is C20H24N2O4. The molecule has 2 atom stereocenters. The van der Waals surface area contributed by atoms with E-state index in [2.05, 4.69) is 10.2 Å². The van der Waals surface area contributed by atoms with Crippen molar-refractivity contribution in [2.75, 3.05) is 33.2 Å². The van der Waals surface area contributed by atoms with Gasteiger partial charge in [0.15, 0.2) is 11.5 Å². The summed E-state index contributed by atoms with van der Waals surface area (Å²) in [4.78, 5) is 14.7. The van der Waals surface area contributed by atoms with Crippen molar-refractivity contribution in [3.8, 4) is 17.2 Å². The zero-order chi connectivity index (χ0) is 18.7. The normalized spacial score (nSPS) is 18.2. The first-order valence-corrected chi connectivity index (χ1v) is 8.46. The number of benzene rings is 2. The van der Waals surface area contributed by atoms with E-state index in [0.717, 1.165) is 29.1 Å². The molecule has 0 aromatic heterocycles. The molecule has 138 valence electrons. The molecule has 1 aliphatic rings. The van der Waals surface area contributed by atoms with Gasteiger partial charge in [0, 0.05) is 30.4 Å². The van der Waals surface area contributed by atoms with E-state index < -0.39 is 0 Å². The molecule has 3 rings (SSSR count). The third-order valence-corrected chi connectivity index (χ3v) is 4.57. The summed E-state index contributed by atoms with van der Waals surface area (Å²) in [7, 11) is 4.83. The minimum absolute atomic E-state index is 0.0183. The van der Waals surface area contributed by atoms with Crippen molar-refractivity contribution in [1.82, 2.24) is 4.90 Å². The van der Waals surface area contributed by atoms with Crippen LogP contribution in [0.4, 0.5) is 5.69 Å². The standard InChI is InChI=1S/C20H24N2O4/c1-13-9-18(25-3)19(26-4)10-15(13)21-20(23)16-12-22(16)11-14-7-5-6-8-17(14)24-2/h5-10,16H,11-12H2,1-4H3,(H,21,23). The van der Waals surface area contributed by atoms with Crippen LogP contribution in [0, 0.1) is 6.92 Å². The van der Waals surface area contributed by atoms with Gasteiger partial charge in [-0.2, -0.15) is 0 Å². The highest BCUT2D eigenvalue weighted by Gasteiger charge is 2.40. The molecule has 0 radical (unpaired) electrons. The Balaban J connectivity index is 1.65. The zero-order valence-corrected chi connectivity index (χ0v) is 15.5. The molecule has 26 heavy (non-hydrogen) atoms. The van der Waals surface area contributed by atoms with Crippen molar-refractivity contribution in [2.24, 2.45) is 0 Å². The molecule has 1 heterocycles. The average Bonchev–Trinajstić information content (AvgIpc) is 3.42. The van der Waals surface area contributed by atoms with Crippen molar-refractivity contribution < 1.29 is 19.0 Å². The largest absolute Gasteiger partial charge is 0.496 e. The lowest BCUT2D eigenvalue weighted by Gasteiger charge is -2.14. The number of nitrogens with one attached hydrogen (secondary N) is 1. The van der Waals surface area contributed by atoms with Crippen molar-refractivity contribution in [2.45, 2.75) is 19.5 Å². The Bertz CT molecular complexity index is 806. The molecule has 1 aliphatic heterocycles. The predicted octanol–water partition coefficient (Wildman–Crippen LogP) is 2.84. The van der Waals surface area contributed by atoms with Crippen molar-refractivity contribution >= 4 is 11.6 Å². The number of amides is 1. The number of hydrogen-bond acceptors (Lipinski definition) is 5. The number of aryl methyl sites for hydroxylation is 1. The highest BCUT2D eigenvalue weighted by Crippen LogP contribution is 2.34. The minimum Gasteiger partial charge on any atom is -0.496 e. The Kier molecular flexibility index (Phi) is 5.32. The first-order valence-electron chi connectivity index (χ1n) is 8.46. The molecule has 0 bridgehead atoms.